The Morgan fingerprint density at radius 2 is 1.85 bits per heavy atom. The van der Waals surface area contributed by atoms with Crippen LogP contribution in [-0.4, -0.2) is 60.7 Å². The SMILES string of the molecule is CCN(CC)C1=CC(O)(C(=O)CS(C)(=O)=O)C(=O)C=C1. The molecule has 0 amide bonds. The molecule has 0 aromatic carbocycles. The second-order valence-corrected chi connectivity index (χ2v) is 6.84. The Bertz CT molecular complexity index is 572. The Balaban J connectivity index is 3.16. The fourth-order valence-corrected chi connectivity index (χ4v) is 2.67. The monoisotopic (exact) mass is 301 g/mol. The lowest BCUT2D eigenvalue weighted by Gasteiger charge is -2.29. The molecule has 0 heterocycles. The van der Waals surface area contributed by atoms with E-state index in [0.717, 1.165) is 18.4 Å². The number of ketones is 2. The van der Waals surface area contributed by atoms with Gasteiger partial charge >= 0.3 is 0 Å². The summed E-state index contributed by atoms with van der Waals surface area (Å²) in [5.41, 5.74) is -1.87. The number of carbonyl (C=O) groups excluding carboxylic acids is 2. The van der Waals surface area contributed by atoms with E-state index >= 15 is 0 Å². The van der Waals surface area contributed by atoms with Crippen LogP contribution in [0.15, 0.2) is 23.9 Å². The number of sulfone groups is 1. The first-order valence-corrected chi connectivity index (χ1v) is 8.33. The molecular weight excluding hydrogens is 282 g/mol. The average molecular weight is 301 g/mol. The molecule has 6 nitrogen and oxygen atoms in total. The van der Waals surface area contributed by atoms with Gasteiger partial charge in [-0.15, -0.1) is 0 Å². The molecule has 0 aromatic heterocycles. The van der Waals surface area contributed by atoms with Gasteiger partial charge in [-0.2, -0.15) is 0 Å². The molecule has 0 spiro atoms. The zero-order chi connectivity index (χ0) is 15.6. The molecule has 1 atom stereocenters. The van der Waals surface area contributed by atoms with Gasteiger partial charge in [-0.05, 0) is 32.1 Å². The van der Waals surface area contributed by atoms with Crippen molar-refractivity contribution < 1.29 is 23.1 Å². The Morgan fingerprint density at radius 1 is 1.30 bits per heavy atom. The standard InChI is InChI=1S/C13H19NO5S/c1-4-14(5-2)10-6-7-11(15)13(17,8-10)12(16)9-20(3,18)19/h6-8,17H,4-5,9H2,1-3H3. The minimum atomic E-state index is -3.61. The molecule has 1 rings (SSSR count). The third-order valence-electron chi connectivity index (χ3n) is 3.08. The van der Waals surface area contributed by atoms with Crippen molar-refractivity contribution in [1.29, 1.82) is 0 Å². The van der Waals surface area contributed by atoms with Gasteiger partial charge in [-0.3, -0.25) is 9.59 Å². The molecule has 0 aromatic rings. The number of aliphatic hydroxyl groups is 1. The molecule has 0 saturated heterocycles. The Kier molecular flexibility index (Phi) is 4.88. The molecule has 20 heavy (non-hydrogen) atoms. The van der Waals surface area contributed by atoms with E-state index in [-0.39, 0.29) is 0 Å². The first-order valence-electron chi connectivity index (χ1n) is 6.27. The van der Waals surface area contributed by atoms with Crippen LogP contribution >= 0.6 is 0 Å². The highest BCUT2D eigenvalue weighted by Gasteiger charge is 2.43. The number of hydrogen-bond donors (Lipinski definition) is 1. The summed E-state index contributed by atoms with van der Waals surface area (Å²) in [7, 11) is -3.61. The van der Waals surface area contributed by atoms with E-state index in [9.17, 15) is 23.1 Å². The number of hydrogen-bond acceptors (Lipinski definition) is 6. The number of rotatable bonds is 6. The van der Waals surface area contributed by atoms with Crippen LogP contribution in [0.2, 0.25) is 0 Å². The van der Waals surface area contributed by atoms with E-state index < -0.39 is 32.8 Å². The maximum Gasteiger partial charge on any atom is 0.207 e. The van der Waals surface area contributed by atoms with Crippen molar-refractivity contribution >= 4 is 21.4 Å². The van der Waals surface area contributed by atoms with Crippen molar-refractivity contribution in [3.05, 3.63) is 23.9 Å². The molecule has 1 aliphatic rings. The zero-order valence-corrected chi connectivity index (χ0v) is 12.6. The maximum atomic E-state index is 11.9. The van der Waals surface area contributed by atoms with Gasteiger partial charge in [-0.25, -0.2) is 8.42 Å². The molecule has 1 unspecified atom stereocenters. The summed E-state index contributed by atoms with van der Waals surface area (Å²) in [6, 6.07) is 0. The van der Waals surface area contributed by atoms with Crippen molar-refractivity contribution in [2.45, 2.75) is 19.4 Å². The lowest BCUT2D eigenvalue weighted by Crippen LogP contribution is -2.49. The van der Waals surface area contributed by atoms with Gasteiger partial charge < -0.3 is 10.0 Å². The van der Waals surface area contributed by atoms with Crippen LogP contribution in [-0.2, 0) is 19.4 Å². The minimum Gasteiger partial charge on any atom is -0.372 e. The summed E-state index contributed by atoms with van der Waals surface area (Å²) in [6.07, 6.45) is 4.63. The van der Waals surface area contributed by atoms with Gasteiger partial charge in [0.15, 0.2) is 21.4 Å². The van der Waals surface area contributed by atoms with Crippen LogP contribution in [0.1, 0.15) is 13.8 Å². The molecular formula is C13H19NO5S. The van der Waals surface area contributed by atoms with Gasteiger partial charge in [0.25, 0.3) is 0 Å². The largest absolute Gasteiger partial charge is 0.372 e. The summed E-state index contributed by atoms with van der Waals surface area (Å²) in [5.74, 6) is -2.72. The molecule has 0 fully saturated rings. The van der Waals surface area contributed by atoms with Gasteiger partial charge in [0, 0.05) is 25.0 Å². The predicted molar refractivity (Wildman–Crippen MR) is 74.8 cm³/mol. The summed E-state index contributed by atoms with van der Waals surface area (Å²) in [4.78, 5) is 25.6. The Hall–Kier alpha value is -1.47. The number of likely N-dealkylation sites (N-methyl/N-ethyl adjacent to an activating group) is 1. The Labute approximate surface area is 118 Å². The maximum absolute atomic E-state index is 11.9. The third-order valence-corrected chi connectivity index (χ3v) is 3.87. The fourth-order valence-electron chi connectivity index (χ4n) is 1.97. The summed E-state index contributed by atoms with van der Waals surface area (Å²) >= 11 is 0. The van der Waals surface area contributed by atoms with Crippen LogP contribution in [0.3, 0.4) is 0 Å². The molecule has 0 bridgehead atoms. The quantitative estimate of drug-likeness (QED) is 0.677. The van der Waals surface area contributed by atoms with Crippen molar-refractivity contribution in [2.75, 3.05) is 25.1 Å². The van der Waals surface area contributed by atoms with Gasteiger partial charge in [0.1, 0.15) is 5.75 Å². The molecule has 0 radical (unpaired) electrons. The van der Waals surface area contributed by atoms with E-state index in [1.165, 1.54) is 6.08 Å². The minimum absolute atomic E-state index is 0.527. The lowest BCUT2D eigenvalue weighted by atomic mass is 9.88. The van der Waals surface area contributed by atoms with E-state index in [0.29, 0.717) is 18.8 Å². The van der Waals surface area contributed by atoms with E-state index in [4.69, 9.17) is 0 Å². The highest BCUT2D eigenvalue weighted by atomic mass is 32.2. The number of nitrogens with zero attached hydrogens (tertiary/aromatic N) is 1. The predicted octanol–water partition coefficient (Wildman–Crippen LogP) is -0.304. The number of allylic oxidation sites excluding steroid dienone is 1. The number of Topliss-reactive ketones (excluding diaryl/α,β-unsaturated/α-hetero) is 1. The molecule has 1 aliphatic carbocycles. The van der Waals surface area contributed by atoms with Crippen LogP contribution in [0, 0.1) is 0 Å². The molecule has 1 N–H and O–H groups in total. The molecule has 0 aliphatic heterocycles. The summed E-state index contributed by atoms with van der Waals surface area (Å²) in [6.45, 7) is 5.06. The van der Waals surface area contributed by atoms with E-state index in [1.807, 2.05) is 18.7 Å². The van der Waals surface area contributed by atoms with E-state index in [2.05, 4.69) is 0 Å². The normalized spacial score (nSPS) is 22.6. The van der Waals surface area contributed by atoms with Gasteiger partial charge in [0.05, 0.1) is 0 Å². The zero-order valence-electron chi connectivity index (χ0n) is 11.8. The molecule has 112 valence electrons. The third kappa shape index (κ3) is 3.55. The van der Waals surface area contributed by atoms with E-state index in [1.54, 1.807) is 0 Å². The Morgan fingerprint density at radius 3 is 2.30 bits per heavy atom. The molecule has 7 heteroatoms. The van der Waals surface area contributed by atoms with Crippen LogP contribution in [0.25, 0.3) is 0 Å². The first kappa shape index (κ1) is 16.6. The van der Waals surface area contributed by atoms with Crippen molar-refractivity contribution in [2.24, 2.45) is 0 Å². The lowest BCUT2D eigenvalue weighted by molar-refractivity contribution is -0.141. The van der Waals surface area contributed by atoms with Crippen molar-refractivity contribution in [1.82, 2.24) is 4.90 Å². The van der Waals surface area contributed by atoms with Crippen LogP contribution in [0.4, 0.5) is 0 Å². The van der Waals surface area contributed by atoms with Gasteiger partial charge in [0.2, 0.25) is 5.60 Å². The van der Waals surface area contributed by atoms with Crippen molar-refractivity contribution in [3.63, 3.8) is 0 Å². The fraction of sp³-hybridized carbons (Fsp3) is 0.538. The topological polar surface area (TPSA) is 91.8 Å². The highest BCUT2D eigenvalue weighted by Crippen LogP contribution is 2.22. The average Bonchev–Trinajstić information content (AvgIpc) is 2.33. The second-order valence-electron chi connectivity index (χ2n) is 4.70. The summed E-state index contributed by atoms with van der Waals surface area (Å²) in [5, 5.41) is 10.3. The van der Waals surface area contributed by atoms with Crippen molar-refractivity contribution in [3.8, 4) is 0 Å². The number of carbonyl (C=O) groups is 2. The first-order chi connectivity index (χ1) is 9.14. The van der Waals surface area contributed by atoms with Crippen LogP contribution in [0.5, 0.6) is 0 Å². The highest BCUT2D eigenvalue weighted by molar-refractivity contribution is 7.91. The smallest absolute Gasteiger partial charge is 0.207 e. The summed E-state index contributed by atoms with van der Waals surface area (Å²) < 4.78 is 22.3. The molecule has 0 saturated carbocycles. The van der Waals surface area contributed by atoms with Gasteiger partial charge in [-0.1, -0.05) is 0 Å². The second kappa shape index (κ2) is 5.88. The van der Waals surface area contributed by atoms with Crippen LogP contribution < -0.4 is 0 Å².